The van der Waals surface area contributed by atoms with Gasteiger partial charge in [-0.05, 0) is 196 Å². The highest BCUT2D eigenvalue weighted by molar-refractivity contribution is 6.91. The molecule has 0 saturated carbocycles. The van der Waals surface area contributed by atoms with Crippen LogP contribution in [0.4, 0.5) is 0 Å². The van der Waals surface area contributed by atoms with E-state index in [1.165, 1.54) is 0 Å². The molecule has 51 heavy (non-hydrogen) atoms. The van der Waals surface area contributed by atoms with Crippen molar-refractivity contribution >= 4 is 101 Å². The lowest BCUT2D eigenvalue weighted by molar-refractivity contribution is 0.299. The Kier molecular flexibility index (Phi) is 22.3. The number of hydrogen-bond acceptors (Lipinski definition) is 9. The van der Waals surface area contributed by atoms with Gasteiger partial charge in [-0.25, -0.2) is 0 Å². The molecule has 0 fully saturated rings. The molecule has 0 aliphatic heterocycles. The highest BCUT2D eigenvalue weighted by Crippen LogP contribution is 2.27. The van der Waals surface area contributed by atoms with E-state index in [4.69, 9.17) is 37.0 Å². The third-order valence-corrected chi connectivity index (χ3v) is 43.1. The third kappa shape index (κ3) is 41.7. The molecule has 0 unspecified atom stereocenters. The van der Waals surface area contributed by atoms with Gasteiger partial charge in [0.05, 0.1) is 0 Å². The van der Waals surface area contributed by atoms with E-state index < -0.39 is 101 Å². The maximum atomic E-state index is 6.39. The lowest BCUT2D eigenvalue weighted by Crippen LogP contribution is -2.58. The van der Waals surface area contributed by atoms with Gasteiger partial charge < -0.3 is 37.0 Å². The second-order valence-electron chi connectivity index (χ2n) is 22.0. The van der Waals surface area contributed by atoms with E-state index in [1.807, 2.05) is 0 Å². The summed E-state index contributed by atoms with van der Waals surface area (Å²) in [6.07, 6.45) is 0. The first-order chi connectivity index (χ1) is 21.4. The molecule has 0 saturated heterocycles. The smallest absolute Gasteiger partial charge is 0.314 e. The van der Waals surface area contributed by atoms with Crippen molar-refractivity contribution < 1.29 is 37.0 Å². The molecule has 0 radical (unpaired) electrons. The molecule has 0 amide bonds. The standard InChI is InChI=1S/C12H36O4Si5.C10H30O3Si4.C8H24O2Si3/c1-17(2,3)13-19(7,8)15-21(11,12)16-20(9,10)14-18(4,5)6;1-14(2,3)11-16(7,8)13-17(9,10)12-15(4,5)6;1-11(2,3)9-13(7,8)10-12(4,5)6/h1-12H3;1-10H3;1-8H3. The molecule has 0 bridgehead atoms. The summed E-state index contributed by atoms with van der Waals surface area (Å²) in [5.74, 6) is 0. The number of rotatable bonds is 18. The van der Waals surface area contributed by atoms with Gasteiger partial charge in [0, 0.05) is 0 Å². The highest BCUT2D eigenvalue weighted by Gasteiger charge is 2.45. The van der Waals surface area contributed by atoms with Crippen LogP contribution in [-0.4, -0.2) is 101 Å². The van der Waals surface area contributed by atoms with Crippen molar-refractivity contribution in [3.8, 4) is 0 Å². The van der Waals surface area contributed by atoms with E-state index in [1.54, 1.807) is 0 Å². The summed E-state index contributed by atoms with van der Waals surface area (Å²) in [6, 6.07) is 0. The molecule has 0 aliphatic rings. The Hall–Kier alpha value is 2.24. The summed E-state index contributed by atoms with van der Waals surface area (Å²) in [7, 11) is -21.7. The van der Waals surface area contributed by atoms with Gasteiger partial charge in [0.25, 0.3) is 0 Å². The van der Waals surface area contributed by atoms with Crippen LogP contribution in [0.1, 0.15) is 0 Å². The van der Waals surface area contributed by atoms with Crippen LogP contribution in [-0.2, 0) is 37.0 Å². The van der Waals surface area contributed by atoms with Crippen LogP contribution >= 0.6 is 0 Å². The van der Waals surface area contributed by atoms with Gasteiger partial charge in [-0.3, -0.25) is 0 Å². The average molecular weight is 932 g/mol. The largest absolute Gasteiger partial charge is 0.437 e. The average Bonchev–Trinajstić information content (AvgIpc) is 2.51. The summed E-state index contributed by atoms with van der Waals surface area (Å²) < 4.78 is 56.2. The van der Waals surface area contributed by atoms with Gasteiger partial charge in [-0.1, -0.05) is 0 Å². The zero-order valence-electron chi connectivity index (χ0n) is 39.7. The van der Waals surface area contributed by atoms with Crippen LogP contribution in [0, 0.1) is 0 Å². The third-order valence-electron chi connectivity index (χ3n) is 4.79. The first-order valence-electron chi connectivity index (χ1n) is 18.7. The molecule has 0 spiro atoms. The van der Waals surface area contributed by atoms with E-state index in [0.717, 1.165) is 0 Å². The Labute approximate surface area is 332 Å². The summed E-state index contributed by atoms with van der Waals surface area (Å²) >= 11 is 0. The fraction of sp³-hybridized carbons (Fsp3) is 1.00. The zero-order valence-corrected chi connectivity index (χ0v) is 51.7. The van der Waals surface area contributed by atoms with E-state index in [-0.39, 0.29) is 0 Å². The lowest BCUT2D eigenvalue weighted by Gasteiger charge is -2.41. The van der Waals surface area contributed by atoms with Gasteiger partial charge >= 0.3 is 51.4 Å². The molecular formula is C30H90O9Si12. The lowest BCUT2D eigenvalue weighted by atomic mass is 11.8. The normalized spacial score (nSPS) is 15.2. The molecule has 0 atom stereocenters. The minimum atomic E-state index is -2.26. The molecule has 0 rings (SSSR count). The van der Waals surface area contributed by atoms with Gasteiger partial charge in [0.2, 0.25) is 0 Å². The Morgan fingerprint density at radius 2 is 0.216 bits per heavy atom. The fourth-order valence-corrected chi connectivity index (χ4v) is 59.2. The summed E-state index contributed by atoms with van der Waals surface area (Å²) in [4.78, 5) is 0. The Balaban J connectivity index is -0.000000697. The van der Waals surface area contributed by atoms with Crippen LogP contribution in [0.3, 0.4) is 0 Å². The molecule has 0 aromatic carbocycles. The van der Waals surface area contributed by atoms with Gasteiger partial charge in [0.15, 0.2) is 49.9 Å². The van der Waals surface area contributed by atoms with Gasteiger partial charge in [-0.15, -0.1) is 0 Å². The van der Waals surface area contributed by atoms with Crippen LogP contribution in [0.5, 0.6) is 0 Å². The minimum Gasteiger partial charge on any atom is -0.437 e. The first-order valence-corrected chi connectivity index (χ1v) is 56.0. The zero-order chi connectivity index (χ0) is 42.4. The van der Waals surface area contributed by atoms with Crippen LogP contribution in [0.15, 0.2) is 0 Å². The predicted molar refractivity (Wildman–Crippen MR) is 255 cm³/mol. The topological polar surface area (TPSA) is 83.1 Å². The maximum Gasteiger partial charge on any atom is 0.314 e. The van der Waals surface area contributed by atoms with Crippen LogP contribution < -0.4 is 0 Å². The quantitative estimate of drug-likeness (QED) is 0.125. The molecule has 0 aliphatic carbocycles. The molecule has 0 heterocycles. The van der Waals surface area contributed by atoms with Crippen LogP contribution in [0.25, 0.3) is 0 Å². The van der Waals surface area contributed by atoms with Crippen molar-refractivity contribution in [2.24, 2.45) is 0 Å². The molecule has 9 nitrogen and oxygen atoms in total. The van der Waals surface area contributed by atoms with Crippen LogP contribution in [0.2, 0.25) is 196 Å². The fourth-order valence-electron chi connectivity index (χ4n) is 6.33. The van der Waals surface area contributed by atoms with Crippen molar-refractivity contribution in [2.45, 2.75) is 196 Å². The van der Waals surface area contributed by atoms with Gasteiger partial charge in [0.1, 0.15) is 0 Å². The van der Waals surface area contributed by atoms with E-state index in [9.17, 15) is 0 Å². The predicted octanol–water partition coefficient (Wildman–Crippen LogP) is 12.3. The molecule has 0 aromatic heterocycles. The Morgan fingerprint density at radius 1 is 0.137 bits per heavy atom. The van der Waals surface area contributed by atoms with E-state index in [0.29, 0.717) is 0 Å². The van der Waals surface area contributed by atoms with Crippen molar-refractivity contribution in [3.63, 3.8) is 0 Å². The highest BCUT2D eigenvalue weighted by atomic mass is 28.5. The number of hydrogen-bond donors (Lipinski definition) is 0. The van der Waals surface area contributed by atoms with Crippen molar-refractivity contribution in [1.29, 1.82) is 0 Å². The van der Waals surface area contributed by atoms with Crippen molar-refractivity contribution in [2.75, 3.05) is 0 Å². The second kappa shape index (κ2) is 19.8. The SMILES string of the molecule is C[Si](C)(C)O[Si](C)(C)O[Si](C)(C)C.C[Si](C)(C)O[Si](C)(C)O[Si](C)(C)O[Si](C)(C)C.C[Si](C)(C)O[Si](C)(C)O[Si](C)(C)O[Si](C)(C)O[Si](C)(C)C. The maximum absolute atomic E-state index is 6.39. The molecule has 0 aromatic rings. The van der Waals surface area contributed by atoms with E-state index >= 15 is 0 Å². The van der Waals surface area contributed by atoms with Crippen molar-refractivity contribution in [3.05, 3.63) is 0 Å². The summed E-state index contributed by atoms with van der Waals surface area (Å²) in [5.41, 5.74) is 0. The summed E-state index contributed by atoms with van der Waals surface area (Å²) in [6.45, 7) is 65.3. The molecular weight excluding hydrogens is 841 g/mol. The van der Waals surface area contributed by atoms with E-state index in [2.05, 4.69) is 196 Å². The monoisotopic (exact) mass is 930 g/mol. The summed E-state index contributed by atoms with van der Waals surface area (Å²) in [5, 5.41) is 0. The second-order valence-corrected chi connectivity index (χ2v) is 71.5. The first kappa shape index (κ1) is 57.6. The molecule has 0 N–H and O–H groups in total. The van der Waals surface area contributed by atoms with Crippen molar-refractivity contribution in [1.82, 2.24) is 0 Å². The Morgan fingerprint density at radius 3 is 0.314 bits per heavy atom. The Bertz CT molecular complexity index is 941. The minimum absolute atomic E-state index is 1.43. The molecule has 312 valence electrons. The molecule has 21 heteroatoms. The van der Waals surface area contributed by atoms with Gasteiger partial charge in [-0.2, -0.15) is 0 Å².